The Hall–Kier alpha value is -2.70. The number of nitro benzene ring substituents is 1. The highest BCUT2D eigenvalue weighted by molar-refractivity contribution is 6.00. The van der Waals surface area contributed by atoms with Crippen LogP contribution in [0.5, 0.6) is 0 Å². The largest absolute Gasteiger partial charge is 0.438 e. The first-order valence-electron chi connectivity index (χ1n) is 5.04. The molecule has 2 rings (SSSR count). The molecule has 0 radical (unpaired) electrons. The highest BCUT2D eigenvalue weighted by atomic mass is 16.6. The zero-order valence-corrected chi connectivity index (χ0v) is 9.41. The summed E-state index contributed by atoms with van der Waals surface area (Å²) in [7, 11) is 0. The Labute approximate surface area is 102 Å². The van der Waals surface area contributed by atoms with E-state index in [1.807, 2.05) is 0 Å². The molecule has 18 heavy (non-hydrogen) atoms. The van der Waals surface area contributed by atoms with Crippen LogP contribution >= 0.6 is 0 Å². The van der Waals surface area contributed by atoms with Crippen molar-refractivity contribution in [1.29, 1.82) is 0 Å². The van der Waals surface area contributed by atoms with Crippen molar-refractivity contribution in [3.63, 3.8) is 0 Å². The quantitative estimate of drug-likeness (QED) is 0.661. The van der Waals surface area contributed by atoms with Gasteiger partial charge in [0.25, 0.3) is 11.6 Å². The number of rotatable bonds is 3. The van der Waals surface area contributed by atoms with Gasteiger partial charge in [0.1, 0.15) is 5.76 Å². The number of carbonyl (C=O) groups excluding carboxylic acids is 1. The lowest BCUT2D eigenvalue weighted by atomic mass is 10.3. The zero-order chi connectivity index (χ0) is 13.1. The number of aromatic nitrogens is 1. The van der Waals surface area contributed by atoms with E-state index in [0.29, 0.717) is 11.4 Å². The number of aryl methyl sites for hydroxylation is 1. The number of nitro groups is 1. The molecule has 1 aromatic carbocycles. The Kier molecular flexibility index (Phi) is 3.05. The summed E-state index contributed by atoms with van der Waals surface area (Å²) >= 11 is 0. The van der Waals surface area contributed by atoms with Crippen molar-refractivity contribution in [2.24, 2.45) is 0 Å². The van der Waals surface area contributed by atoms with Crippen LogP contribution in [0.15, 0.2) is 34.9 Å². The van der Waals surface area contributed by atoms with Crippen molar-refractivity contribution in [3.8, 4) is 0 Å². The van der Waals surface area contributed by atoms with Crippen molar-refractivity contribution in [2.75, 3.05) is 5.32 Å². The van der Waals surface area contributed by atoms with Crippen LogP contribution in [0.1, 0.15) is 16.4 Å². The molecular formula is C11H9N3O4. The van der Waals surface area contributed by atoms with Crippen LogP contribution in [-0.4, -0.2) is 15.8 Å². The first-order chi connectivity index (χ1) is 8.56. The number of anilines is 1. The second-order valence-corrected chi connectivity index (χ2v) is 3.53. The predicted octanol–water partition coefficient (Wildman–Crippen LogP) is 2.14. The van der Waals surface area contributed by atoms with Gasteiger partial charge in [-0.2, -0.15) is 0 Å². The number of hydrogen-bond acceptors (Lipinski definition) is 5. The fourth-order valence-electron chi connectivity index (χ4n) is 1.31. The maximum absolute atomic E-state index is 11.6. The second-order valence-electron chi connectivity index (χ2n) is 3.53. The zero-order valence-electron chi connectivity index (χ0n) is 9.41. The van der Waals surface area contributed by atoms with E-state index < -0.39 is 10.8 Å². The predicted molar refractivity (Wildman–Crippen MR) is 62.3 cm³/mol. The fraction of sp³-hybridized carbons (Fsp3) is 0.0909. The number of hydrogen-bond donors (Lipinski definition) is 1. The molecule has 0 saturated carbocycles. The standard InChI is InChI=1S/C11H9N3O4/c1-7-6-12-11(18-7)10(15)13-8-2-4-9(5-3-8)14(16)17/h2-6H,1H3,(H,13,15). The van der Waals surface area contributed by atoms with Gasteiger partial charge in [-0.1, -0.05) is 0 Å². The Morgan fingerprint density at radius 2 is 2.06 bits per heavy atom. The summed E-state index contributed by atoms with van der Waals surface area (Å²) in [6.45, 7) is 1.68. The molecule has 0 fully saturated rings. The molecule has 92 valence electrons. The maximum atomic E-state index is 11.6. The van der Waals surface area contributed by atoms with E-state index in [4.69, 9.17) is 4.42 Å². The van der Waals surface area contributed by atoms with Crippen LogP contribution in [0, 0.1) is 17.0 Å². The van der Waals surface area contributed by atoms with Gasteiger partial charge in [0, 0.05) is 17.8 Å². The molecule has 0 spiro atoms. The SMILES string of the molecule is Cc1cnc(C(=O)Nc2ccc([N+](=O)[O-])cc2)o1. The fourth-order valence-corrected chi connectivity index (χ4v) is 1.31. The minimum Gasteiger partial charge on any atom is -0.438 e. The van der Waals surface area contributed by atoms with Gasteiger partial charge < -0.3 is 9.73 Å². The van der Waals surface area contributed by atoms with Crippen LogP contribution in [0.25, 0.3) is 0 Å². The van der Waals surface area contributed by atoms with Gasteiger partial charge in [-0.15, -0.1) is 0 Å². The number of nitrogens with one attached hydrogen (secondary N) is 1. The second kappa shape index (κ2) is 4.66. The summed E-state index contributed by atoms with van der Waals surface area (Å²) in [5.41, 5.74) is 0.390. The minimum absolute atomic E-state index is 0.0417. The number of amides is 1. The van der Waals surface area contributed by atoms with Gasteiger partial charge >= 0.3 is 5.91 Å². The lowest BCUT2D eigenvalue weighted by Gasteiger charge is -2.01. The summed E-state index contributed by atoms with van der Waals surface area (Å²) in [6.07, 6.45) is 1.44. The molecule has 0 aliphatic carbocycles. The van der Waals surface area contributed by atoms with Gasteiger partial charge in [0.2, 0.25) is 0 Å². The third kappa shape index (κ3) is 2.51. The van der Waals surface area contributed by atoms with E-state index in [1.165, 1.54) is 30.5 Å². The lowest BCUT2D eigenvalue weighted by Crippen LogP contribution is -2.12. The normalized spacial score (nSPS) is 10.1. The maximum Gasteiger partial charge on any atom is 0.311 e. The van der Waals surface area contributed by atoms with E-state index in [9.17, 15) is 14.9 Å². The molecule has 0 saturated heterocycles. The molecule has 7 nitrogen and oxygen atoms in total. The number of benzene rings is 1. The van der Waals surface area contributed by atoms with Crippen molar-refractivity contribution >= 4 is 17.3 Å². The summed E-state index contributed by atoms with van der Waals surface area (Å²) in [5.74, 6) is -0.0216. The highest BCUT2D eigenvalue weighted by Crippen LogP contribution is 2.16. The molecule has 1 amide bonds. The Morgan fingerprint density at radius 3 is 2.56 bits per heavy atom. The van der Waals surface area contributed by atoms with Crippen LogP contribution < -0.4 is 5.32 Å². The Balaban J connectivity index is 2.10. The van der Waals surface area contributed by atoms with E-state index in [0.717, 1.165) is 0 Å². The number of nitrogens with zero attached hydrogens (tertiary/aromatic N) is 2. The first kappa shape index (κ1) is 11.8. The molecule has 0 unspecified atom stereocenters. The van der Waals surface area contributed by atoms with E-state index in [1.54, 1.807) is 6.92 Å². The minimum atomic E-state index is -0.511. The molecule has 0 atom stereocenters. The molecule has 0 aliphatic heterocycles. The smallest absolute Gasteiger partial charge is 0.311 e. The van der Waals surface area contributed by atoms with Crippen molar-refractivity contribution < 1.29 is 14.1 Å². The van der Waals surface area contributed by atoms with Crippen LogP contribution in [0.3, 0.4) is 0 Å². The Bertz CT molecular complexity index is 589. The number of oxazole rings is 1. The topological polar surface area (TPSA) is 98.3 Å². The average molecular weight is 247 g/mol. The van der Waals surface area contributed by atoms with Gasteiger partial charge in [0.05, 0.1) is 11.1 Å². The van der Waals surface area contributed by atoms with E-state index in [-0.39, 0.29) is 11.6 Å². The molecule has 7 heteroatoms. The molecule has 2 aromatic rings. The third-order valence-electron chi connectivity index (χ3n) is 2.15. The summed E-state index contributed by atoms with van der Waals surface area (Å²) in [5, 5.41) is 13.0. The summed E-state index contributed by atoms with van der Waals surface area (Å²) in [4.78, 5) is 25.4. The molecule has 0 aliphatic rings. The van der Waals surface area contributed by atoms with Gasteiger partial charge in [-0.25, -0.2) is 4.98 Å². The molecule has 1 heterocycles. The van der Waals surface area contributed by atoms with E-state index >= 15 is 0 Å². The monoisotopic (exact) mass is 247 g/mol. The van der Waals surface area contributed by atoms with Crippen LogP contribution in [0.2, 0.25) is 0 Å². The van der Waals surface area contributed by atoms with Gasteiger partial charge in [-0.05, 0) is 19.1 Å². The molecular weight excluding hydrogens is 238 g/mol. The van der Waals surface area contributed by atoms with Crippen LogP contribution in [-0.2, 0) is 0 Å². The molecule has 1 aromatic heterocycles. The number of non-ortho nitro benzene ring substituents is 1. The van der Waals surface area contributed by atoms with Gasteiger partial charge in [0.15, 0.2) is 0 Å². The summed E-state index contributed by atoms with van der Waals surface area (Å²) in [6, 6.07) is 5.48. The highest BCUT2D eigenvalue weighted by Gasteiger charge is 2.12. The molecule has 1 N–H and O–H groups in total. The Morgan fingerprint density at radius 1 is 1.39 bits per heavy atom. The first-order valence-corrected chi connectivity index (χ1v) is 5.04. The van der Waals surface area contributed by atoms with Crippen LogP contribution in [0.4, 0.5) is 11.4 Å². The molecule has 0 bridgehead atoms. The number of carbonyl (C=O) groups is 1. The van der Waals surface area contributed by atoms with Crippen molar-refractivity contribution in [1.82, 2.24) is 4.98 Å². The lowest BCUT2D eigenvalue weighted by molar-refractivity contribution is -0.384. The summed E-state index contributed by atoms with van der Waals surface area (Å²) < 4.78 is 5.05. The van der Waals surface area contributed by atoms with Gasteiger partial charge in [-0.3, -0.25) is 14.9 Å². The third-order valence-corrected chi connectivity index (χ3v) is 2.15. The van der Waals surface area contributed by atoms with Crippen molar-refractivity contribution in [2.45, 2.75) is 6.92 Å². The van der Waals surface area contributed by atoms with E-state index in [2.05, 4.69) is 10.3 Å². The van der Waals surface area contributed by atoms with Crippen molar-refractivity contribution in [3.05, 3.63) is 52.2 Å². The average Bonchev–Trinajstić information content (AvgIpc) is 2.76.